The number of aromatic nitrogens is 2. The second kappa shape index (κ2) is 8.74. The van der Waals surface area contributed by atoms with Crippen LogP contribution in [0.2, 0.25) is 0 Å². The molecule has 6 nitrogen and oxygen atoms in total. The maximum absolute atomic E-state index is 14.4. The van der Waals surface area contributed by atoms with Crippen LogP contribution >= 0.6 is 11.8 Å². The number of pyridine rings is 2. The number of thioether (sulfide) groups is 1. The van der Waals surface area contributed by atoms with Gasteiger partial charge in [0.25, 0.3) is 5.56 Å². The maximum atomic E-state index is 14.4. The SMILES string of the molecule is O=c1ccc2ccc(F)c3c2n1C(CN1CCC(NCc2cc4c(cn2)OCS4)CC1)CC3. The minimum absolute atomic E-state index is 0.0268. The van der Waals surface area contributed by atoms with E-state index in [2.05, 4.69) is 21.3 Å². The van der Waals surface area contributed by atoms with Crippen molar-refractivity contribution in [1.29, 1.82) is 0 Å². The number of aryl methyl sites for hydroxylation is 1. The smallest absolute Gasteiger partial charge is 0.251 e. The highest BCUT2D eigenvalue weighted by atomic mass is 32.2. The van der Waals surface area contributed by atoms with Gasteiger partial charge in [0, 0.05) is 30.8 Å². The predicted molar refractivity (Wildman–Crippen MR) is 127 cm³/mol. The van der Waals surface area contributed by atoms with Crippen molar-refractivity contribution < 1.29 is 9.13 Å². The van der Waals surface area contributed by atoms with Crippen LogP contribution in [0.15, 0.2) is 46.2 Å². The van der Waals surface area contributed by atoms with Crippen molar-refractivity contribution in [2.45, 2.75) is 49.2 Å². The molecule has 0 aliphatic carbocycles. The fourth-order valence-electron chi connectivity index (χ4n) is 5.42. The summed E-state index contributed by atoms with van der Waals surface area (Å²) in [5.74, 6) is 1.37. The van der Waals surface area contributed by atoms with E-state index >= 15 is 0 Å². The molecule has 1 aromatic carbocycles. The molecule has 33 heavy (non-hydrogen) atoms. The van der Waals surface area contributed by atoms with Gasteiger partial charge in [-0.3, -0.25) is 9.78 Å². The van der Waals surface area contributed by atoms with Crippen molar-refractivity contribution in [3.05, 3.63) is 64.0 Å². The van der Waals surface area contributed by atoms with E-state index in [1.807, 2.05) is 16.8 Å². The molecule has 8 heteroatoms. The first-order chi connectivity index (χ1) is 16.2. The Hall–Kier alpha value is -2.42. The lowest BCUT2D eigenvalue weighted by molar-refractivity contribution is 0.167. The molecule has 0 bridgehead atoms. The molecule has 6 rings (SSSR count). The van der Waals surface area contributed by atoms with E-state index in [4.69, 9.17) is 4.74 Å². The van der Waals surface area contributed by atoms with Crippen molar-refractivity contribution in [2.75, 3.05) is 25.6 Å². The summed E-state index contributed by atoms with van der Waals surface area (Å²) in [6.07, 6.45) is 5.45. The normalized spacial score (nSPS) is 20.7. The van der Waals surface area contributed by atoms with Gasteiger partial charge in [0.2, 0.25) is 0 Å². The lowest BCUT2D eigenvalue weighted by Gasteiger charge is -2.37. The second-order valence-corrected chi connectivity index (χ2v) is 10.1. The summed E-state index contributed by atoms with van der Waals surface area (Å²) in [5.41, 5.74) is 2.51. The first-order valence-electron chi connectivity index (χ1n) is 11.7. The number of piperidine rings is 1. The molecule has 0 amide bonds. The van der Waals surface area contributed by atoms with Gasteiger partial charge in [0.05, 0.1) is 28.3 Å². The Bertz CT molecular complexity index is 1260. The molecule has 1 fully saturated rings. The summed E-state index contributed by atoms with van der Waals surface area (Å²) < 4.78 is 21.8. The first kappa shape index (κ1) is 21.1. The Morgan fingerprint density at radius 3 is 2.91 bits per heavy atom. The molecule has 1 N–H and O–H groups in total. The molecular formula is C25H27FN4O2S. The molecule has 2 aromatic heterocycles. The fourth-order valence-corrected chi connectivity index (χ4v) is 6.21. The Kier molecular flexibility index (Phi) is 5.60. The number of hydrogen-bond donors (Lipinski definition) is 1. The van der Waals surface area contributed by atoms with Gasteiger partial charge in [-0.25, -0.2) is 4.39 Å². The third kappa shape index (κ3) is 4.05. The third-order valence-electron chi connectivity index (χ3n) is 7.18. The summed E-state index contributed by atoms with van der Waals surface area (Å²) in [6, 6.07) is 9.43. The van der Waals surface area contributed by atoms with E-state index in [1.165, 1.54) is 11.0 Å². The molecule has 3 aliphatic heterocycles. The average Bonchev–Trinajstić information content (AvgIpc) is 3.31. The lowest BCUT2D eigenvalue weighted by Crippen LogP contribution is -2.45. The van der Waals surface area contributed by atoms with Crippen molar-refractivity contribution in [2.24, 2.45) is 0 Å². The molecule has 0 spiro atoms. The fraction of sp³-hybridized carbons (Fsp3) is 0.440. The molecule has 172 valence electrons. The van der Waals surface area contributed by atoms with Crippen LogP contribution in [0.3, 0.4) is 0 Å². The summed E-state index contributed by atoms with van der Waals surface area (Å²) in [6.45, 7) is 3.60. The second-order valence-electron chi connectivity index (χ2n) is 9.18. The van der Waals surface area contributed by atoms with Gasteiger partial charge >= 0.3 is 0 Å². The number of nitrogens with zero attached hydrogens (tertiary/aromatic N) is 3. The van der Waals surface area contributed by atoms with Crippen molar-refractivity contribution >= 4 is 22.7 Å². The highest BCUT2D eigenvalue weighted by Gasteiger charge is 2.28. The van der Waals surface area contributed by atoms with Crippen molar-refractivity contribution in [3.63, 3.8) is 0 Å². The molecule has 5 heterocycles. The molecule has 0 radical (unpaired) electrons. The molecule has 0 saturated carbocycles. The summed E-state index contributed by atoms with van der Waals surface area (Å²) in [5, 5.41) is 4.61. The quantitative estimate of drug-likeness (QED) is 0.619. The minimum Gasteiger partial charge on any atom is -0.480 e. The Balaban J connectivity index is 1.09. The molecular weight excluding hydrogens is 439 g/mol. The number of nitrogens with one attached hydrogen (secondary N) is 1. The average molecular weight is 467 g/mol. The molecule has 1 saturated heterocycles. The number of likely N-dealkylation sites (tertiary alicyclic amines) is 1. The van der Waals surface area contributed by atoms with E-state index in [0.717, 1.165) is 67.8 Å². The van der Waals surface area contributed by atoms with Crippen LogP contribution in [0.4, 0.5) is 4.39 Å². The molecule has 3 aromatic rings. The van der Waals surface area contributed by atoms with E-state index in [1.54, 1.807) is 23.9 Å². The minimum atomic E-state index is -0.198. The number of benzene rings is 1. The van der Waals surface area contributed by atoms with Crippen LogP contribution in [-0.4, -0.2) is 46.1 Å². The van der Waals surface area contributed by atoms with Crippen LogP contribution in [0.1, 0.15) is 36.6 Å². The topological polar surface area (TPSA) is 59.4 Å². The molecule has 1 unspecified atom stereocenters. The van der Waals surface area contributed by atoms with Crippen molar-refractivity contribution in [3.8, 4) is 5.75 Å². The maximum Gasteiger partial charge on any atom is 0.251 e. The van der Waals surface area contributed by atoms with Gasteiger partial charge < -0.3 is 19.5 Å². The van der Waals surface area contributed by atoms with Crippen molar-refractivity contribution in [1.82, 2.24) is 19.8 Å². The summed E-state index contributed by atoms with van der Waals surface area (Å²) >= 11 is 1.71. The van der Waals surface area contributed by atoms with Crippen LogP contribution in [0.25, 0.3) is 10.9 Å². The number of fused-ring (bicyclic) bond motifs is 1. The molecule has 1 atom stereocenters. The number of hydrogen-bond acceptors (Lipinski definition) is 6. The highest BCUT2D eigenvalue weighted by molar-refractivity contribution is 7.99. The van der Waals surface area contributed by atoms with Gasteiger partial charge in [-0.2, -0.15) is 0 Å². The highest BCUT2D eigenvalue weighted by Crippen LogP contribution is 2.35. The van der Waals surface area contributed by atoms with Gasteiger partial charge in [0.1, 0.15) is 11.8 Å². The zero-order valence-electron chi connectivity index (χ0n) is 18.4. The first-order valence-corrected chi connectivity index (χ1v) is 12.7. The van der Waals surface area contributed by atoms with Crippen LogP contribution in [0, 0.1) is 5.82 Å². The van der Waals surface area contributed by atoms with Gasteiger partial charge in [-0.05, 0) is 68.4 Å². The van der Waals surface area contributed by atoms with E-state index in [-0.39, 0.29) is 17.4 Å². The molecule has 3 aliphatic rings. The number of rotatable bonds is 5. The lowest BCUT2D eigenvalue weighted by atomic mass is 9.95. The van der Waals surface area contributed by atoms with Gasteiger partial charge in [-0.1, -0.05) is 11.8 Å². The zero-order valence-corrected chi connectivity index (χ0v) is 19.2. The Morgan fingerprint density at radius 2 is 2.03 bits per heavy atom. The summed E-state index contributed by atoms with van der Waals surface area (Å²) in [7, 11) is 0. The Morgan fingerprint density at radius 1 is 1.18 bits per heavy atom. The zero-order chi connectivity index (χ0) is 22.4. The van der Waals surface area contributed by atoms with Gasteiger partial charge in [0.15, 0.2) is 5.75 Å². The third-order valence-corrected chi connectivity index (χ3v) is 8.04. The van der Waals surface area contributed by atoms with E-state index in [9.17, 15) is 9.18 Å². The number of ether oxygens (including phenoxy) is 1. The Labute approximate surface area is 196 Å². The van der Waals surface area contributed by atoms with E-state index < -0.39 is 0 Å². The monoisotopic (exact) mass is 466 g/mol. The van der Waals surface area contributed by atoms with Crippen LogP contribution in [0.5, 0.6) is 5.75 Å². The van der Waals surface area contributed by atoms with Gasteiger partial charge in [-0.15, -0.1) is 0 Å². The predicted octanol–water partition coefficient (Wildman–Crippen LogP) is 3.72. The van der Waals surface area contributed by atoms with E-state index in [0.29, 0.717) is 24.0 Å². The van der Waals surface area contributed by atoms with Crippen LogP contribution in [-0.2, 0) is 13.0 Å². The number of halogens is 1. The van der Waals surface area contributed by atoms with Crippen LogP contribution < -0.4 is 15.6 Å². The summed E-state index contributed by atoms with van der Waals surface area (Å²) in [4.78, 5) is 20.9. The largest absolute Gasteiger partial charge is 0.480 e. The standard InChI is InChI=1S/C25H27FN4O2S/c26-21-5-1-16-2-6-24(31)30-19(3-4-20(21)25(16)30)14-29-9-7-17(8-10-29)27-12-18-11-23-22(13-28-18)32-15-33-23/h1-2,5-6,11,13,17,19,27H,3-4,7-10,12,14-15H2.